The van der Waals surface area contributed by atoms with Crippen molar-refractivity contribution in [2.75, 3.05) is 26.2 Å². The van der Waals surface area contributed by atoms with E-state index in [1.807, 2.05) is 0 Å². The van der Waals surface area contributed by atoms with Gasteiger partial charge < -0.3 is 5.32 Å². The van der Waals surface area contributed by atoms with Crippen molar-refractivity contribution in [1.29, 1.82) is 0 Å². The fourth-order valence-electron chi connectivity index (χ4n) is 1.35. The largest absolute Gasteiger partial charge is 0.371 e. The SMILES string of the molecule is C1CNC(CC2=[NH+]CCN2)=N1. The fourth-order valence-corrected chi connectivity index (χ4v) is 1.35. The summed E-state index contributed by atoms with van der Waals surface area (Å²) in [5, 5.41) is 6.50. The minimum Gasteiger partial charge on any atom is -0.371 e. The minimum absolute atomic E-state index is 0.917. The van der Waals surface area contributed by atoms with E-state index in [0.29, 0.717) is 0 Å². The molecule has 0 saturated carbocycles. The van der Waals surface area contributed by atoms with Gasteiger partial charge in [0.2, 0.25) is 5.84 Å². The van der Waals surface area contributed by atoms with Gasteiger partial charge in [0.05, 0.1) is 6.54 Å². The molecule has 60 valence electrons. The van der Waals surface area contributed by atoms with Gasteiger partial charge in [-0.15, -0.1) is 0 Å². The van der Waals surface area contributed by atoms with Gasteiger partial charge in [-0.05, 0) is 0 Å². The summed E-state index contributed by atoms with van der Waals surface area (Å²) >= 11 is 0. The molecule has 0 aromatic heterocycles. The average molecular weight is 153 g/mol. The van der Waals surface area contributed by atoms with E-state index in [1.54, 1.807) is 0 Å². The zero-order valence-corrected chi connectivity index (χ0v) is 6.48. The molecule has 0 fully saturated rings. The van der Waals surface area contributed by atoms with E-state index in [4.69, 9.17) is 0 Å². The van der Waals surface area contributed by atoms with Gasteiger partial charge in [0, 0.05) is 6.54 Å². The second kappa shape index (κ2) is 2.90. The van der Waals surface area contributed by atoms with Gasteiger partial charge in [0.1, 0.15) is 25.3 Å². The molecule has 0 aromatic carbocycles. The fraction of sp³-hybridized carbons (Fsp3) is 0.714. The van der Waals surface area contributed by atoms with Crippen molar-refractivity contribution >= 4 is 11.7 Å². The van der Waals surface area contributed by atoms with Gasteiger partial charge in [-0.3, -0.25) is 15.3 Å². The van der Waals surface area contributed by atoms with Crippen LogP contribution in [0.25, 0.3) is 0 Å². The second-order valence-electron chi connectivity index (χ2n) is 2.76. The van der Waals surface area contributed by atoms with Crippen molar-refractivity contribution in [3.8, 4) is 0 Å². The molecule has 0 spiro atoms. The second-order valence-corrected chi connectivity index (χ2v) is 2.76. The molecule has 0 atom stereocenters. The lowest BCUT2D eigenvalue weighted by Crippen LogP contribution is -2.70. The molecule has 2 heterocycles. The lowest BCUT2D eigenvalue weighted by molar-refractivity contribution is -0.445. The van der Waals surface area contributed by atoms with Gasteiger partial charge >= 0.3 is 0 Å². The molecule has 2 aliphatic heterocycles. The molecule has 2 aliphatic rings. The first kappa shape index (κ1) is 6.64. The maximum Gasteiger partial charge on any atom is 0.250 e. The van der Waals surface area contributed by atoms with E-state index in [1.165, 1.54) is 5.84 Å². The Balaban J connectivity index is 1.89. The van der Waals surface area contributed by atoms with Crippen molar-refractivity contribution in [2.45, 2.75) is 6.42 Å². The standard InChI is InChI=1S/C7H12N4/c1-2-9-6(8-1)5-7-10-3-4-11-7/h1-5H2,(H,8,9)(H,10,11)/p+1. The maximum atomic E-state index is 4.30. The predicted molar refractivity (Wildman–Crippen MR) is 43.8 cm³/mol. The van der Waals surface area contributed by atoms with E-state index in [9.17, 15) is 0 Å². The van der Waals surface area contributed by atoms with Gasteiger partial charge in [0.15, 0.2) is 0 Å². The number of aliphatic imine (C=N–C) groups is 1. The molecular formula is C7H13N4+. The van der Waals surface area contributed by atoms with E-state index in [2.05, 4.69) is 20.6 Å². The first-order chi connectivity index (χ1) is 5.45. The Kier molecular flexibility index (Phi) is 1.75. The highest BCUT2D eigenvalue weighted by Gasteiger charge is 2.16. The molecule has 0 amide bonds. The molecule has 0 aromatic rings. The third-order valence-corrected chi connectivity index (χ3v) is 1.89. The average Bonchev–Trinajstić information content (AvgIpc) is 2.60. The molecule has 11 heavy (non-hydrogen) atoms. The van der Waals surface area contributed by atoms with Crippen molar-refractivity contribution in [1.82, 2.24) is 10.6 Å². The Morgan fingerprint density at radius 3 is 3.00 bits per heavy atom. The van der Waals surface area contributed by atoms with Gasteiger partial charge in [-0.25, -0.2) is 0 Å². The maximum absolute atomic E-state index is 4.30. The monoisotopic (exact) mass is 153 g/mol. The molecule has 0 radical (unpaired) electrons. The van der Waals surface area contributed by atoms with Crippen LogP contribution >= 0.6 is 0 Å². The third kappa shape index (κ3) is 1.50. The highest BCUT2D eigenvalue weighted by molar-refractivity contribution is 6.00. The third-order valence-electron chi connectivity index (χ3n) is 1.89. The van der Waals surface area contributed by atoms with Crippen LogP contribution in [0.2, 0.25) is 0 Å². The number of amidine groups is 2. The highest BCUT2D eigenvalue weighted by Crippen LogP contribution is 1.89. The first-order valence-corrected chi connectivity index (χ1v) is 4.06. The Morgan fingerprint density at radius 2 is 2.36 bits per heavy atom. The number of rotatable bonds is 2. The van der Waals surface area contributed by atoms with Gasteiger partial charge in [0.25, 0.3) is 0 Å². The summed E-state index contributed by atoms with van der Waals surface area (Å²) in [6, 6.07) is 0. The van der Waals surface area contributed by atoms with Crippen molar-refractivity contribution in [2.24, 2.45) is 4.99 Å². The molecule has 2 rings (SSSR count). The van der Waals surface area contributed by atoms with E-state index in [-0.39, 0.29) is 0 Å². The number of hydrogen-bond acceptors (Lipinski definition) is 3. The zero-order chi connectivity index (χ0) is 7.52. The predicted octanol–water partition coefficient (Wildman–Crippen LogP) is -2.54. The quantitative estimate of drug-likeness (QED) is 0.409. The van der Waals surface area contributed by atoms with E-state index >= 15 is 0 Å². The Bertz CT molecular complexity index is 184. The molecule has 0 saturated heterocycles. The van der Waals surface area contributed by atoms with Crippen LogP contribution in [0.3, 0.4) is 0 Å². The van der Waals surface area contributed by atoms with E-state index < -0.39 is 0 Å². The molecule has 0 bridgehead atoms. The van der Waals surface area contributed by atoms with Crippen LogP contribution in [-0.2, 0) is 0 Å². The lowest BCUT2D eigenvalue weighted by atomic mass is 10.3. The molecule has 0 aliphatic carbocycles. The van der Waals surface area contributed by atoms with Crippen molar-refractivity contribution < 1.29 is 4.99 Å². The molecular weight excluding hydrogens is 140 g/mol. The molecule has 3 N–H and O–H groups in total. The van der Waals surface area contributed by atoms with Crippen LogP contribution in [0.15, 0.2) is 4.99 Å². The molecule has 4 heteroatoms. The topological polar surface area (TPSA) is 50.4 Å². The lowest BCUT2D eigenvalue weighted by Gasteiger charge is -1.96. The van der Waals surface area contributed by atoms with Crippen molar-refractivity contribution in [3.63, 3.8) is 0 Å². The van der Waals surface area contributed by atoms with Crippen LogP contribution in [-0.4, -0.2) is 37.9 Å². The Labute approximate surface area is 65.8 Å². The summed E-state index contributed by atoms with van der Waals surface area (Å²) in [6.07, 6.45) is 0.917. The summed E-state index contributed by atoms with van der Waals surface area (Å²) in [5.41, 5.74) is 0. The summed E-state index contributed by atoms with van der Waals surface area (Å²) in [6.45, 7) is 4.02. The normalized spacial score (nSPS) is 22.2. The van der Waals surface area contributed by atoms with E-state index in [0.717, 1.165) is 38.4 Å². The Hall–Kier alpha value is -1.06. The first-order valence-electron chi connectivity index (χ1n) is 4.06. The summed E-state index contributed by atoms with van der Waals surface area (Å²) in [5.74, 6) is 2.32. The zero-order valence-electron chi connectivity index (χ0n) is 6.48. The van der Waals surface area contributed by atoms with Crippen LogP contribution in [0, 0.1) is 0 Å². The molecule has 4 nitrogen and oxygen atoms in total. The Morgan fingerprint density at radius 1 is 1.36 bits per heavy atom. The smallest absolute Gasteiger partial charge is 0.250 e. The van der Waals surface area contributed by atoms with Crippen LogP contribution in [0.1, 0.15) is 6.42 Å². The highest BCUT2D eigenvalue weighted by atomic mass is 15.1. The minimum atomic E-state index is 0.917. The number of nitrogens with one attached hydrogen (secondary N) is 3. The van der Waals surface area contributed by atoms with Gasteiger partial charge in [-0.2, -0.15) is 0 Å². The van der Waals surface area contributed by atoms with Crippen LogP contribution < -0.4 is 15.6 Å². The number of hydrogen-bond donors (Lipinski definition) is 3. The van der Waals surface area contributed by atoms with Crippen molar-refractivity contribution in [3.05, 3.63) is 0 Å². The number of nitrogens with zero attached hydrogens (tertiary/aromatic N) is 1. The van der Waals surface area contributed by atoms with Gasteiger partial charge in [-0.1, -0.05) is 0 Å². The molecule has 0 unspecified atom stereocenters. The van der Waals surface area contributed by atoms with Crippen LogP contribution in [0.4, 0.5) is 0 Å². The summed E-state index contributed by atoms with van der Waals surface area (Å²) < 4.78 is 0. The summed E-state index contributed by atoms with van der Waals surface area (Å²) in [4.78, 5) is 7.57. The summed E-state index contributed by atoms with van der Waals surface area (Å²) in [7, 11) is 0. The van der Waals surface area contributed by atoms with Crippen LogP contribution in [0.5, 0.6) is 0 Å².